The molecule has 0 amide bonds. The minimum atomic E-state index is -0.526. The van der Waals surface area contributed by atoms with Gasteiger partial charge in [-0.1, -0.05) is 480 Å². The van der Waals surface area contributed by atoms with Crippen LogP contribution in [0.1, 0.15) is 404 Å². The molecule has 4 atom stereocenters. The van der Waals surface area contributed by atoms with Gasteiger partial charge >= 0.3 is 0 Å². The van der Waals surface area contributed by atoms with Crippen LogP contribution in [0.4, 0.5) is 34.1 Å². The van der Waals surface area contributed by atoms with Crippen molar-refractivity contribution in [1.29, 1.82) is 0 Å². The first-order valence-corrected chi connectivity index (χ1v) is 58.9. The molecule has 2 heteroatoms. The highest BCUT2D eigenvalue weighted by Crippen LogP contribution is 2.62. The van der Waals surface area contributed by atoms with E-state index in [0.717, 1.165) is 29.9 Å². The molecule has 0 aromatic heterocycles. The maximum Gasteiger partial charge on any atom is 0.0714 e. The Balaban J connectivity index is 0.000000177. The van der Waals surface area contributed by atoms with Gasteiger partial charge in [-0.05, 0) is 355 Å². The number of hydrogen-bond acceptors (Lipinski definition) is 2. The summed E-state index contributed by atoms with van der Waals surface area (Å²) in [4.78, 5) is 5.10. The fourth-order valence-electron chi connectivity index (χ4n) is 28.4. The van der Waals surface area contributed by atoms with Crippen LogP contribution in [-0.2, 0) is 10.8 Å². The van der Waals surface area contributed by atoms with Crippen LogP contribution in [0.5, 0.6) is 0 Å². The van der Waals surface area contributed by atoms with Gasteiger partial charge in [0, 0.05) is 33.9 Å². The first-order chi connectivity index (χ1) is 73.6. The monoisotopic (exact) mass is 1950 g/mol. The van der Waals surface area contributed by atoms with Crippen LogP contribution >= 0.6 is 0 Å². The van der Waals surface area contributed by atoms with E-state index in [9.17, 15) is 0 Å². The zero-order chi connectivity index (χ0) is 102. The van der Waals surface area contributed by atoms with Gasteiger partial charge in [0.25, 0.3) is 0 Å². The number of rotatable bonds is 35. The van der Waals surface area contributed by atoms with Crippen molar-refractivity contribution in [2.75, 3.05) is 9.80 Å². The average Bonchev–Trinajstić information content (AvgIpc) is 1.54. The van der Waals surface area contributed by atoms with Crippen LogP contribution in [0.3, 0.4) is 0 Å². The third kappa shape index (κ3) is 20.7. The van der Waals surface area contributed by atoms with E-state index in [4.69, 9.17) is 0 Å². The summed E-state index contributed by atoms with van der Waals surface area (Å²) in [6, 6.07) is 148. The number of para-hydroxylation sites is 2. The van der Waals surface area contributed by atoms with Gasteiger partial charge in [0.1, 0.15) is 0 Å². The molecule has 16 aromatic carbocycles. The van der Waals surface area contributed by atoms with Gasteiger partial charge in [-0.3, -0.25) is 0 Å². The second kappa shape index (κ2) is 47.5. The van der Waals surface area contributed by atoms with Crippen molar-refractivity contribution in [2.45, 2.75) is 325 Å². The first-order valence-electron chi connectivity index (χ1n) is 58.9. The minimum absolute atomic E-state index is 0.507. The zero-order valence-corrected chi connectivity index (χ0v) is 90.6. The third-order valence-electron chi connectivity index (χ3n) is 36.3. The van der Waals surface area contributed by atoms with Gasteiger partial charge in [0.05, 0.1) is 22.2 Å². The summed E-state index contributed by atoms with van der Waals surface area (Å²) in [7, 11) is 0. The average molecular weight is 1950 g/mol. The van der Waals surface area contributed by atoms with Gasteiger partial charge in [0.15, 0.2) is 0 Å². The molecular weight excluding hydrogens is 1790 g/mol. The van der Waals surface area contributed by atoms with Crippen molar-refractivity contribution in [2.24, 2.45) is 0 Å². The molecule has 0 spiro atoms. The summed E-state index contributed by atoms with van der Waals surface area (Å²) in [5.41, 5.74) is 44.5. The molecule has 6 aliphatic rings. The van der Waals surface area contributed by atoms with Crippen molar-refractivity contribution in [3.63, 3.8) is 0 Å². The summed E-state index contributed by atoms with van der Waals surface area (Å²) in [5.74, 6) is 4.85. The summed E-state index contributed by atoms with van der Waals surface area (Å²) >= 11 is 0. The molecule has 758 valence electrons. The Morgan fingerprint density at radius 2 is 0.517 bits per heavy atom. The van der Waals surface area contributed by atoms with Crippen molar-refractivity contribution in [3.05, 3.63) is 465 Å². The Morgan fingerprint density at radius 1 is 0.221 bits per heavy atom. The fourth-order valence-corrected chi connectivity index (χ4v) is 28.4. The molecule has 0 radical (unpaired) electrons. The predicted molar refractivity (Wildman–Crippen MR) is 638 cm³/mol. The molecule has 0 bridgehead atoms. The molecule has 0 N–H and O–H groups in total. The second-order valence-corrected chi connectivity index (χ2v) is 45.0. The van der Waals surface area contributed by atoms with Gasteiger partial charge < -0.3 is 9.80 Å². The molecule has 0 saturated heterocycles. The van der Waals surface area contributed by atoms with Gasteiger partial charge in [0.2, 0.25) is 0 Å². The molecule has 6 aliphatic carbocycles. The van der Waals surface area contributed by atoms with E-state index in [1.807, 2.05) is 0 Å². The van der Waals surface area contributed by atoms with Crippen LogP contribution in [-0.4, -0.2) is 0 Å². The maximum absolute atomic E-state index is 2.70. The van der Waals surface area contributed by atoms with Crippen molar-refractivity contribution in [1.82, 2.24) is 0 Å². The summed E-state index contributed by atoms with van der Waals surface area (Å²) in [6.07, 6.45) is 42.3. The molecule has 0 aliphatic heterocycles. The van der Waals surface area contributed by atoms with Crippen molar-refractivity contribution in [3.8, 4) is 66.8 Å². The standard InChI is InChI=1S/C80H93N.C67H67N/c1-7-13-29-57(10-4)66-54-74(58(11-5)27-8-2)79(75(55-66)59(12-6)28-9-3)65-44-50-69(51-45-65)81(78-39-26-24-36-71(78)64-34-21-16-22-35-64)70-52-53-73-72-37-23-25-38-76(72)80(77(73)56-70,67-46-40-62(41-47-67)60-30-17-14-18-31-60)68-48-42-63(43-49-68)61-32-19-15-20-33-61;1-3-18-48(4-2)51-29-31-52(32-30-51)55-37-43-59(44-38-55)68(66-28-17-15-25-61(66)56-23-12-7-13-24-56)60-45-46-63-62-26-14-16-27-64(62)67(65(63)47-60,57-39-33-53(34-40-57)49-19-8-5-9-20-49)58-41-35-54(36-42-58)50-21-10-6-11-22-50/h16,21-26,34-61H,7-15,17-20,27-33H2,1-6H3;7,12-17,23-50H,3-6,8-11,18-22H2,1-2H3. The Labute approximate surface area is 894 Å². The number of nitrogens with zero attached hydrogens (tertiary/aromatic N) is 2. The molecule has 22 rings (SSSR count). The lowest BCUT2D eigenvalue weighted by atomic mass is 9.67. The largest absolute Gasteiger partial charge is 0.310 e. The van der Waals surface area contributed by atoms with Crippen molar-refractivity contribution < 1.29 is 0 Å². The van der Waals surface area contributed by atoms with Gasteiger partial charge in [-0.15, -0.1) is 0 Å². The molecule has 0 heterocycles. The lowest BCUT2D eigenvalue weighted by Crippen LogP contribution is -2.29. The number of unbranched alkanes of at least 4 members (excludes halogenated alkanes) is 1. The van der Waals surface area contributed by atoms with Crippen LogP contribution in [0.2, 0.25) is 0 Å². The highest BCUT2D eigenvalue weighted by Gasteiger charge is 2.49. The summed E-state index contributed by atoms with van der Waals surface area (Å²) in [5, 5.41) is 0. The molecule has 4 saturated carbocycles. The van der Waals surface area contributed by atoms with E-state index in [1.54, 1.807) is 16.7 Å². The maximum atomic E-state index is 2.70. The number of hydrogen-bond donors (Lipinski definition) is 0. The SMILES string of the molecule is CCCC(CC)c1ccc(-c2ccc(N(c3ccc4c(c3)C(c3ccc(C5CCCCC5)cc3)(c3ccc(C5CCCCC5)cc3)c3ccccc3-4)c3ccccc3-c3ccccc3)cc2)cc1.CCCCC(CC)c1cc(C(CC)CCC)c(-c2ccc(N(c3ccc4c(c3)C(c3ccc(C5CCCCC5)cc3)(c3ccc(C5CCCCC5)cc3)c3ccccc3-4)c3ccccc3-c3ccccc3)cc2)c(C(CC)CCC)c1. The fraction of sp³-hybridized carbons (Fsp3) is 0.347. The Bertz CT molecular complexity index is 6920. The molecule has 2 nitrogen and oxygen atoms in total. The van der Waals surface area contributed by atoms with E-state index in [-0.39, 0.29) is 0 Å². The van der Waals surface area contributed by atoms with Crippen LogP contribution in [0.25, 0.3) is 66.8 Å². The van der Waals surface area contributed by atoms with E-state index in [0.29, 0.717) is 47.3 Å². The lowest BCUT2D eigenvalue weighted by molar-refractivity contribution is 0.443. The molecular formula is C147H160N2. The molecule has 149 heavy (non-hydrogen) atoms. The molecule has 4 fully saturated rings. The van der Waals surface area contributed by atoms with E-state index < -0.39 is 10.8 Å². The highest BCUT2D eigenvalue weighted by atomic mass is 15.2. The highest BCUT2D eigenvalue weighted by molar-refractivity contribution is 5.96. The van der Waals surface area contributed by atoms with Crippen LogP contribution in [0.15, 0.2) is 376 Å². The number of fused-ring (bicyclic) bond motifs is 6. The minimum Gasteiger partial charge on any atom is -0.310 e. The van der Waals surface area contributed by atoms with Crippen LogP contribution < -0.4 is 9.80 Å². The topological polar surface area (TPSA) is 6.48 Å². The summed E-state index contributed by atoms with van der Waals surface area (Å²) < 4.78 is 0. The first kappa shape index (κ1) is 102. The molecule has 4 unspecified atom stereocenters. The third-order valence-corrected chi connectivity index (χ3v) is 36.3. The smallest absolute Gasteiger partial charge is 0.0714 e. The van der Waals surface area contributed by atoms with E-state index in [2.05, 4.69) is 441 Å². The van der Waals surface area contributed by atoms with E-state index in [1.165, 1.54) is 355 Å². The summed E-state index contributed by atoms with van der Waals surface area (Å²) in [6.45, 7) is 19.0. The molecule has 16 aromatic rings. The van der Waals surface area contributed by atoms with E-state index >= 15 is 0 Å². The Hall–Kier alpha value is -12.9. The second-order valence-electron chi connectivity index (χ2n) is 45.0. The quantitative estimate of drug-likeness (QED) is 0.0391. The van der Waals surface area contributed by atoms with Gasteiger partial charge in [-0.2, -0.15) is 0 Å². The Kier molecular flexibility index (Phi) is 32.5. The lowest BCUT2D eigenvalue weighted by Gasteiger charge is -2.36. The normalized spacial score (nSPS) is 16.3. The van der Waals surface area contributed by atoms with Gasteiger partial charge in [-0.25, -0.2) is 0 Å². The number of anilines is 6. The zero-order valence-electron chi connectivity index (χ0n) is 90.6. The predicted octanol–water partition coefficient (Wildman–Crippen LogP) is 43.5. The number of benzene rings is 16. The Morgan fingerprint density at radius 3 is 0.859 bits per heavy atom. The van der Waals surface area contributed by atoms with Crippen LogP contribution in [0, 0.1) is 0 Å². The van der Waals surface area contributed by atoms with Crippen molar-refractivity contribution >= 4 is 34.1 Å².